The topological polar surface area (TPSA) is 88.4 Å². The Morgan fingerprint density at radius 1 is 1.10 bits per heavy atom. The van der Waals surface area contributed by atoms with Crippen molar-refractivity contribution in [3.05, 3.63) is 53.3 Å². The number of hydrogen-bond acceptors (Lipinski definition) is 3. The van der Waals surface area contributed by atoms with Crippen molar-refractivity contribution >= 4 is 23.3 Å². The summed E-state index contributed by atoms with van der Waals surface area (Å²) in [7, 11) is 1.68. The van der Waals surface area contributed by atoms with Crippen molar-refractivity contribution in [2.45, 2.75) is 6.92 Å². The molecular formula is C15H14N2O4. The Labute approximate surface area is 121 Å². The van der Waals surface area contributed by atoms with Crippen LogP contribution >= 0.6 is 0 Å². The minimum absolute atomic E-state index is 0.115. The van der Waals surface area contributed by atoms with E-state index < -0.39 is 5.97 Å². The summed E-state index contributed by atoms with van der Waals surface area (Å²) in [4.78, 5) is 34.2. The van der Waals surface area contributed by atoms with Gasteiger partial charge < -0.3 is 15.0 Å². The summed E-state index contributed by atoms with van der Waals surface area (Å²) in [5, 5.41) is 11.5. The number of aromatic carboxylic acids is 1. The summed E-state index contributed by atoms with van der Waals surface area (Å²) < 4.78 is 1.57. The van der Waals surface area contributed by atoms with Gasteiger partial charge in [-0.15, -0.1) is 0 Å². The highest BCUT2D eigenvalue weighted by Crippen LogP contribution is 2.13. The molecular weight excluding hydrogens is 272 g/mol. The Morgan fingerprint density at radius 3 is 2.19 bits per heavy atom. The number of Topliss-reactive ketones (excluding diaryl/α,β-unsaturated/α-hetero) is 1. The molecule has 108 valence electrons. The number of aryl methyl sites for hydroxylation is 1. The molecule has 6 heteroatoms. The maximum absolute atomic E-state index is 12.1. The first-order chi connectivity index (χ1) is 9.88. The summed E-state index contributed by atoms with van der Waals surface area (Å²) >= 11 is 0. The van der Waals surface area contributed by atoms with Crippen LogP contribution in [0, 0.1) is 0 Å². The normalized spacial score (nSPS) is 10.2. The van der Waals surface area contributed by atoms with Gasteiger partial charge in [-0.3, -0.25) is 9.59 Å². The minimum Gasteiger partial charge on any atom is -0.478 e. The van der Waals surface area contributed by atoms with Crippen LogP contribution in [0.15, 0.2) is 36.5 Å². The second-order valence-corrected chi connectivity index (χ2v) is 4.62. The quantitative estimate of drug-likeness (QED) is 0.843. The number of carboxylic acids is 1. The van der Waals surface area contributed by atoms with Gasteiger partial charge in [-0.25, -0.2) is 4.79 Å². The van der Waals surface area contributed by atoms with Crippen LogP contribution in [0.4, 0.5) is 5.69 Å². The molecule has 0 aliphatic carbocycles. The van der Waals surface area contributed by atoms with Crippen LogP contribution in [0.2, 0.25) is 0 Å². The SMILES string of the molecule is CC(=O)c1cc(C(=O)Nc2ccc(C(=O)O)cc2)n(C)c1. The van der Waals surface area contributed by atoms with Gasteiger partial charge >= 0.3 is 5.97 Å². The van der Waals surface area contributed by atoms with Crippen molar-refractivity contribution in [3.8, 4) is 0 Å². The van der Waals surface area contributed by atoms with Gasteiger partial charge in [0.15, 0.2) is 5.78 Å². The van der Waals surface area contributed by atoms with Gasteiger partial charge in [0.25, 0.3) is 5.91 Å². The van der Waals surface area contributed by atoms with Crippen molar-refractivity contribution in [2.24, 2.45) is 7.05 Å². The second kappa shape index (κ2) is 5.62. The van der Waals surface area contributed by atoms with E-state index >= 15 is 0 Å². The lowest BCUT2D eigenvalue weighted by atomic mass is 10.2. The molecule has 2 rings (SSSR count). The van der Waals surface area contributed by atoms with E-state index in [1.807, 2.05) is 0 Å². The third-order valence-electron chi connectivity index (χ3n) is 3.03. The first-order valence-corrected chi connectivity index (χ1v) is 6.20. The van der Waals surface area contributed by atoms with E-state index in [1.54, 1.807) is 17.8 Å². The van der Waals surface area contributed by atoms with Gasteiger partial charge in [-0.2, -0.15) is 0 Å². The van der Waals surface area contributed by atoms with Crippen molar-refractivity contribution in [1.29, 1.82) is 0 Å². The number of carbonyl (C=O) groups is 3. The number of anilines is 1. The average molecular weight is 286 g/mol. The van der Waals surface area contributed by atoms with Crippen LogP contribution in [0.5, 0.6) is 0 Å². The summed E-state index contributed by atoms with van der Waals surface area (Å²) in [5.74, 6) is -1.51. The summed E-state index contributed by atoms with van der Waals surface area (Å²) in [6, 6.07) is 7.35. The lowest BCUT2D eigenvalue weighted by molar-refractivity contribution is 0.0696. The first-order valence-electron chi connectivity index (χ1n) is 6.20. The fourth-order valence-corrected chi connectivity index (χ4v) is 1.87. The van der Waals surface area contributed by atoms with E-state index in [1.165, 1.54) is 37.3 Å². The van der Waals surface area contributed by atoms with Crippen LogP contribution in [-0.4, -0.2) is 27.3 Å². The van der Waals surface area contributed by atoms with Crippen LogP contribution in [0.1, 0.15) is 38.1 Å². The second-order valence-electron chi connectivity index (χ2n) is 4.62. The lowest BCUT2D eigenvalue weighted by Crippen LogP contribution is -2.15. The number of nitrogens with one attached hydrogen (secondary N) is 1. The number of carbonyl (C=O) groups excluding carboxylic acids is 2. The van der Waals surface area contributed by atoms with Crippen LogP contribution in [0.3, 0.4) is 0 Å². The number of benzene rings is 1. The molecule has 6 nitrogen and oxygen atoms in total. The number of amides is 1. The molecule has 0 fully saturated rings. The summed E-state index contributed by atoms with van der Waals surface area (Å²) in [6.45, 7) is 1.43. The number of hydrogen-bond donors (Lipinski definition) is 2. The van der Waals surface area contributed by atoms with Gasteiger partial charge in [-0.05, 0) is 37.3 Å². The molecule has 2 aromatic rings. The zero-order chi connectivity index (χ0) is 15.6. The van der Waals surface area contributed by atoms with Crippen molar-refractivity contribution in [3.63, 3.8) is 0 Å². The maximum atomic E-state index is 12.1. The molecule has 1 aromatic heterocycles. The number of ketones is 1. The van der Waals surface area contributed by atoms with E-state index in [2.05, 4.69) is 5.32 Å². The molecule has 0 unspecified atom stereocenters. The highest BCUT2D eigenvalue weighted by molar-refractivity contribution is 6.05. The molecule has 21 heavy (non-hydrogen) atoms. The average Bonchev–Trinajstić information content (AvgIpc) is 2.81. The van der Waals surface area contributed by atoms with Gasteiger partial charge in [-0.1, -0.05) is 0 Å². The van der Waals surface area contributed by atoms with Crippen LogP contribution < -0.4 is 5.32 Å². The largest absolute Gasteiger partial charge is 0.478 e. The van der Waals surface area contributed by atoms with Gasteiger partial charge in [0.2, 0.25) is 0 Å². The predicted octanol–water partition coefficient (Wildman–Crippen LogP) is 2.18. The minimum atomic E-state index is -1.03. The highest BCUT2D eigenvalue weighted by atomic mass is 16.4. The molecule has 2 N–H and O–H groups in total. The Balaban J connectivity index is 2.17. The molecule has 0 spiro atoms. The number of nitrogens with zero attached hydrogens (tertiary/aromatic N) is 1. The van der Waals surface area contributed by atoms with E-state index in [-0.39, 0.29) is 17.3 Å². The van der Waals surface area contributed by atoms with Gasteiger partial charge in [0.05, 0.1) is 5.56 Å². The maximum Gasteiger partial charge on any atom is 0.335 e. The van der Waals surface area contributed by atoms with Gasteiger partial charge in [0.1, 0.15) is 5.69 Å². The van der Waals surface area contributed by atoms with Crippen molar-refractivity contribution in [2.75, 3.05) is 5.32 Å². The molecule has 0 saturated carbocycles. The van der Waals surface area contributed by atoms with Crippen LogP contribution in [0.25, 0.3) is 0 Å². The Hall–Kier alpha value is -2.89. The Morgan fingerprint density at radius 2 is 1.71 bits per heavy atom. The first kappa shape index (κ1) is 14.5. The molecule has 0 radical (unpaired) electrons. The standard InChI is InChI=1S/C15H14N2O4/c1-9(18)11-7-13(17(2)8-11)14(19)16-12-5-3-10(4-6-12)15(20)21/h3-8H,1-2H3,(H,16,19)(H,20,21). The number of carboxylic acid groups (broad SMARTS) is 1. The van der Waals surface area contributed by atoms with Crippen LogP contribution in [-0.2, 0) is 7.05 Å². The molecule has 0 saturated heterocycles. The molecule has 1 heterocycles. The predicted molar refractivity (Wildman–Crippen MR) is 76.8 cm³/mol. The fourth-order valence-electron chi connectivity index (χ4n) is 1.87. The molecule has 0 aliphatic heterocycles. The van der Waals surface area contributed by atoms with Gasteiger partial charge in [0, 0.05) is 24.5 Å². The zero-order valence-corrected chi connectivity index (χ0v) is 11.6. The molecule has 1 amide bonds. The van der Waals surface area contributed by atoms with E-state index in [0.717, 1.165) is 0 Å². The van der Waals surface area contributed by atoms with E-state index in [4.69, 9.17) is 5.11 Å². The molecule has 1 aromatic carbocycles. The molecule has 0 aliphatic rings. The van der Waals surface area contributed by atoms with Crippen molar-refractivity contribution < 1.29 is 19.5 Å². The third kappa shape index (κ3) is 3.17. The molecule has 0 atom stereocenters. The number of aromatic nitrogens is 1. The summed E-state index contributed by atoms with van der Waals surface area (Å²) in [5.41, 5.74) is 1.44. The Bertz CT molecular complexity index is 714. The highest BCUT2D eigenvalue weighted by Gasteiger charge is 2.14. The molecule has 0 bridgehead atoms. The van der Waals surface area contributed by atoms with E-state index in [0.29, 0.717) is 16.9 Å². The van der Waals surface area contributed by atoms with E-state index in [9.17, 15) is 14.4 Å². The smallest absolute Gasteiger partial charge is 0.335 e. The fraction of sp³-hybridized carbons (Fsp3) is 0.133. The number of rotatable bonds is 4. The Kier molecular flexibility index (Phi) is 3.89. The third-order valence-corrected chi connectivity index (χ3v) is 3.03. The monoisotopic (exact) mass is 286 g/mol. The summed E-state index contributed by atoms with van der Waals surface area (Å²) in [6.07, 6.45) is 1.59. The zero-order valence-electron chi connectivity index (χ0n) is 11.6. The van der Waals surface area contributed by atoms with Crippen molar-refractivity contribution in [1.82, 2.24) is 4.57 Å². The lowest BCUT2D eigenvalue weighted by Gasteiger charge is -2.06.